The first-order valence-electron chi connectivity index (χ1n) is 14.8. The summed E-state index contributed by atoms with van der Waals surface area (Å²) in [7, 11) is 0. The fourth-order valence-electron chi connectivity index (χ4n) is 6.33. The first-order valence-corrected chi connectivity index (χ1v) is 14.8. The molecule has 3 fully saturated rings. The van der Waals surface area contributed by atoms with Crippen molar-refractivity contribution in [3.63, 3.8) is 0 Å². The number of ether oxygens (including phenoxy) is 1. The van der Waals surface area contributed by atoms with Crippen LogP contribution in [0.3, 0.4) is 0 Å². The predicted octanol–water partition coefficient (Wildman–Crippen LogP) is 5.71. The molecule has 1 spiro atoms. The topological polar surface area (TPSA) is 93.5 Å². The van der Waals surface area contributed by atoms with Crippen LogP contribution in [-0.4, -0.2) is 49.4 Å². The molecule has 0 radical (unpaired) electrons. The standard InChI is InChI=1S/C33H38N6O2/c34-20-26-6-15-31(35-22-26)37-27-7-9-29(10-8-27)39(32(40)36-21-25-4-2-1-3-5-25)30-13-11-28(12-14-30)38-18-16-33(17-19-38)23-41-24-33/h1-6,11-15,22,27,29H,7-10,16-19,21,23-24H2,(H,35,37)(H,36,40). The van der Waals surface area contributed by atoms with Gasteiger partial charge in [-0.25, -0.2) is 9.78 Å². The lowest BCUT2D eigenvalue weighted by Gasteiger charge is -2.47. The number of nitriles is 1. The zero-order valence-electron chi connectivity index (χ0n) is 23.5. The van der Waals surface area contributed by atoms with Crippen LogP contribution in [0.15, 0.2) is 72.9 Å². The van der Waals surface area contributed by atoms with Crippen molar-refractivity contribution < 1.29 is 9.53 Å². The monoisotopic (exact) mass is 550 g/mol. The van der Waals surface area contributed by atoms with Crippen LogP contribution in [0, 0.1) is 16.7 Å². The van der Waals surface area contributed by atoms with E-state index in [1.807, 2.05) is 41.3 Å². The van der Waals surface area contributed by atoms with E-state index in [-0.39, 0.29) is 18.1 Å². The number of nitrogens with zero attached hydrogens (tertiary/aromatic N) is 4. The number of nitrogens with one attached hydrogen (secondary N) is 2. The van der Waals surface area contributed by atoms with E-state index in [1.165, 1.54) is 18.5 Å². The molecule has 1 saturated carbocycles. The van der Waals surface area contributed by atoms with Gasteiger partial charge in [-0.1, -0.05) is 30.3 Å². The first kappa shape index (κ1) is 27.1. The Balaban J connectivity index is 1.12. The molecule has 1 aromatic heterocycles. The van der Waals surface area contributed by atoms with E-state index in [0.717, 1.165) is 69.1 Å². The smallest absolute Gasteiger partial charge is 0.322 e. The largest absolute Gasteiger partial charge is 0.380 e. The Morgan fingerprint density at radius 1 is 1.00 bits per heavy atom. The molecule has 41 heavy (non-hydrogen) atoms. The maximum Gasteiger partial charge on any atom is 0.322 e. The molecule has 3 aromatic rings. The lowest BCUT2D eigenvalue weighted by Crippen LogP contribution is -2.51. The highest BCUT2D eigenvalue weighted by atomic mass is 16.5. The van der Waals surface area contributed by atoms with Crippen LogP contribution in [0.4, 0.5) is 22.0 Å². The second-order valence-electron chi connectivity index (χ2n) is 11.7. The Morgan fingerprint density at radius 2 is 1.73 bits per heavy atom. The number of pyridine rings is 1. The second kappa shape index (κ2) is 12.2. The summed E-state index contributed by atoms with van der Waals surface area (Å²) in [6.45, 7) is 4.42. The van der Waals surface area contributed by atoms with Crippen LogP contribution < -0.4 is 20.4 Å². The molecule has 2 saturated heterocycles. The highest BCUT2D eigenvalue weighted by Crippen LogP contribution is 2.40. The summed E-state index contributed by atoms with van der Waals surface area (Å²) in [5, 5.41) is 15.7. The second-order valence-corrected chi connectivity index (χ2v) is 11.7. The maximum atomic E-state index is 13.7. The van der Waals surface area contributed by atoms with Gasteiger partial charge in [-0.3, -0.25) is 4.90 Å². The summed E-state index contributed by atoms with van der Waals surface area (Å²) in [6.07, 6.45) is 7.62. The number of carbonyl (C=O) groups is 1. The molecule has 0 unspecified atom stereocenters. The van der Waals surface area contributed by atoms with Gasteiger partial charge < -0.3 is 20.3 Å². The number of hydrogen-bond donors (Lipinski definition) is 2. The number of rotatable bonds is 7. The highest BCUT2D eigenvalue weighted by molar-refractivity contribution is 5.92. The molecule has 8 heteroatoms. The fourth-order valence-corrected chi connectivity index (χ4v) is 6.33. The van der Waals surface area contributed by atoms with Crippen LogP contribution in [0.2, 0.25) is 0 Å². The van der Waals surface area contributed by atoms with Gasteiger partial charge in [-0.15, -0.1) is 0 Å². The van der Waals surface area contributed by atoms with E-state index < -0.39 is 0 Å². The molecule has 3 heterocycles. The molecule has 3 aliphatic rings. The van der Waals surface area contributed by atoms with Gasteiger partial charge in [0.1, 0.15) is 11.9 Å². The Hall–Kier alpha value is -4.09. The summed E-state index contributed by atoms with van der Waals surface area (Å²) < 4.78 is 5.49. The van der Waals surface area contributed by atoms with Gasteiger partial charge in [-0.05, 0) is 80.5 Å². The van der Waals surface area contributed by atoms with E-state index in [1.54, 1.807) is 12.3 Å². The van der Waals surface area contributed by atoms with Gasteiger partial charge >= 0.3 is 6.03 Å². The number of aromatic nitrogens is 1. The van der Waals surface area contributed by atoms with Crippen LogP contribution in [0.25, 0.3) is 0 Å². The van der Waals surface area contributed by atoms with Gasteiger partial charge in [0.25, 0.3) is 0 Å². The minimum absolute atomic E-state index is 0.0586. The first-order chi connectivity index (χ1) is 20.1. The van der Waals surface area contributed by atoms with Crippen molar-refractivity contribution in [2.45, 2.75) is 57.2 Å². The third kappa shape index (κ3) is 6.31. The van der Waals surface area contributed by atoms with E-state index in [2.05, 4.69) is 50.9 Å². The zero-order chi connectivity index (χ0) is 28.1. The Bertz CT molecular complexity index is 1330. The quantitative estimate of drug-likeness (QED) is 0.392. The molecule has 0 bridgehead atoms. The number of carbonyl (C=O) groups excluding carboxylic acids is 1. The van der Waals surface area contributed by atoms with Crippen LogP contribution in [-0.2, 0) is 11.3 Å². The molecular weight excluding hydrogens is 512 g/mol. The third-order valence-electron chi connectivity index (χ3n) is 8.95. The number of urea groups is 1. The highest BCUT2D eigenvalue weighted by Gasteiger charge is 2.41. The SMILES string of the molecule is N#Cc1ccc(NC2CCC(N(C(=O)NCc3ccccc3)c3ccc(N4CCC5(CC4)COC5)cc3)CC2)nc1. The number of piperidine rings is 1. The molecule has 6 rings (SSSR count). The fraction of sp³-hybridized carbons (Fsp3) is 0.424. The van der Waals surface area contributed by atoms with E-state index in [0.29, 0.717) is 17.5 Å². The Morgan fingerprint density at radius 3 is 2.34 bits per heavy atom. The van der Waals surface area contributed by atoms with Gasteiger partial charge in [0.15, 0.2) is 0 Å². The van der Waals surface area contributed by atoms with E-state index in [4.69, 9.17) is 10.00 Å². The summed E-state index contributed by atoms with van der Waals surface area (Å²) in [4.78, 5) is 22.5. The van der Waals surface area contributed by atoms with E-state index >= 15 is 0 Å². The molecule has 212 valence electrons. The van der Waals surface area contributed by atoms with Gasteiger partial charge in [0.2, 0.25) is 0 Å². The molecule has 8 nitrogen and oxygen atoms in total. The zero-order valence-corrected chi connectivity index (χ0v) is 23.5. The average Bonchev–Trinajstić information content (AvgIpc) is 3.01. The Kier molecular flexibility index (Phi) is 8.06. The van der Waals surface area contributed by atoms with Crippen LogP contribution in [0.5, 0.6) is 0 Å². The molecule has 0 atom stereocenters. The number of benzene rings is 2. The summed E-state index contributed by atoms with van der Waals surface area (Å²) >= 11 is 0. The number of hydrogen-bond acceptors (Lipinski definition) is 6. The predicted molar refractivity (Wildman–Crippen MR) is 161 cm³/mol. The molecule has 2 amide bonds. The number of anilines is 3. The summed E-state index contributed by atoms with van der Waals surface area (Å²) in [6, 6.07) is 24.7. The third-order valence-corrected chi connectivity index (χ3v) is 8.95. The van der Waals surface area contributed by atoms with Crippen molar-refractivity contribution in [3.8, 4) is 6.07 Å². The van der Waals surface area contributed by atoms with Gasteiger partial charge in [0, 0.05) is 54.7 Å². The minimum Gasteiger partial charge on any atom is -0.380 e. The lowest BCUT2D eigenvalue weighted by molar-refractivity contribution is -0.124. The van der Waals surface area contributed by atoms with Crippen LogP contribution in [0.1, 0.15) is 49.7 Å². The van der Waals surface area contributed by atoms with Gasteiger partial charge in [-0.2, -0.15) is 5.26 Å². The normalized spacial score (nSPS) is 21.4. The van der Waals surface area contributed by atoms with Crippen molar-refractivity contribution in [1.82, 2.24) is 10.3 Å². The molecule has 1 aliphatic carbocycles. The Labute approximate surface area is 242 Å². The van der Waals surface area contributed by atoms with Crippen molar-refractivity contribution in [1.29, 1.82) is 5.26 Å². The number of amides is 2. The van der Waals surface area contributed by atoms with Crippen LogP contribution >= 0.6 is 0 Å². The molecule has 2 aliphatic heterocycles. The minimum atomic E-state index is -0.0586. The van der Waals surface area contributed by atoms with Crippen molar-refractivity contribution >= 4 is 23.2 Å². The van der Waals surface area contributed by atoms with E-state index in [9.17, 15) is 4.79 Å². The summed E-state index contributed by atoms with van der Waals surface area (Å²) in [5.41, 5.74) is 4.20. The molecular formula is C33H38N6O2. The maximum absolute atomic E-state index is 13.7. The van der Waals surface area contributed by atoms with Crippen molar-refractivity contribution in [2.24, 2.45) is 5.41 Å². The van der Waals surface area contributed by atoms with Crippen molar-refractivity contribution in [3.05, 3.63) is 84.1 Å². The lowest BCUT2D eigenvalue weighted by atomic mass is 9.77. The van der Waals surface area contributed by atoms with Crippen molar-refractivity contribution in [2.75, 3.05) is 41.4 Å². The van der Waals surface area contributed by atoms with Gasteiger partial charge in [0.05, 0.1) is 18.8 Å². The molecule has 2 N–H and O–H groups in total. The summed E-state index contributed by atoms with van der Waals surface area (Å²) in [5.74, 6) is 0.786. The average molecular weight is 551 g/mol. The molecule has 2 aromatic carbocycles.